The van der Waals surface area contributed by atoms with Crippen LogP contribution in [0.1, 0.15) is 135 Å². The van der Waals surface area contributed by atoms with E-state index in [1.54, 1.807) is 6.92 Å². The van der Waals surface area contributed by atoms with E-state index in [0.29, 0.717) is 30.6 Å². The maximum absolute atomic E-state index is 13.4. The molecule has 0 amide bonds. The van der Waals surface area contributed by atoms with Gasteiger partial charge in [0, 0.05) is 17.3 Å². The first-order chi connectivity index (χ1) is 22.1. The summed E-state index contributed by atoms with van der Waals surface area (Å²) < 4.78 is 17.6. The molecule has 0 aliphatic rings. The van der Waals surface area contributed by atoms with Crippen LogP contribution in [-0.2, 0) is 28.6 Å². The first-order valence-electron chi connectivity index (χ1n) is 18.5. The Morgan fingerprint density at radius 1 is 0.755 bits per heavy atom. The molecule has 0 heterocycles. The number of nitrogens with two attached hydrogens (primary N) is 1. The molecule has 0 aliphatic carbocycles. The van der Waals surface area contributed by atoms with E-state index in [1.165, 1.54) is 0 Å². The van der Waals surface area contributed by atoms with Gasteiger partial charge in [-0.1, -0.05) is 100 Å². The molecule has 0 radical (unpaired) electrons. The van der Waals surface area contributed by atoms with Crippen molar-refractivity contribution in [3.63, 3.8) is 0 Å². The van der Waals surface area contributed by atoms with Crippen molar-refractivity contribution in [3.05, 3.63) is 24.3 Å². The molecule has 0 rings (SSSR count). The van der Waals surface area contributed by atoms with Gasteiger partial charge in [-0.2, -0.15) is 0 Å². The van der Waals surface area contributed by atoms with E-state index in [1.807, 2.05) is 72.7 Å². The molecule has 286 valence electrons. The number of allylic oxidation sites excluding steroid dienone is 2. The maximum Gasteiger partial charge on any atom is 0.326 e. The minimum Gasteiger partial charge on any atom is -0.461 e. The molecule has 0 spiro atoms. The number of hydrogen-bond acceptors (Lipinski definition) is 8. The van der Waals surface area contributed by atoms with Gasteiger partial charge in [0.15, 0.2) is 0 Å². The third-order valence-electron chi connectivity index (χ3n) is 8.83. The van der Waals surface area contributed by atoms with Crippen molar-refractivity contribution in [1.82, 2.24) is 4.90 Å². The van der Waals surface area contributed by atoms with Crippen LogP contribution in [0.5, 0.6) is 0 Å². The summed E-state index contributed by atoms with van der Waals surface area (Å²) in [5, 5.41) is 0. The highest BCUT2D eigenvalue weighted by molar-refractivity contribution is 5.80. The molecular formula is C41H76N2O6. The van der Waals surface area contributed by atoms with E-state index >= 15 is 0 Å². The average molecular weight is 693 g/mol. The fraction of sp³-hybridized carbons (Fsp3) is 0.829. The Morgan fingerprint density at radius 3 is 1.82 bits per heavy atom. The highest BCUT2D eigenvalue weighted by Gasteiger charge is 2.50. The van der Waals surface area contributed by atoms with E-state index in [2.05, 4.69) is 60.6 Å². The number of carbonyl (C=O) groups excluding carboxylic acids is 3. The Morgan fingerprint density at radius 2 is 1.29 bits per heavy atom. The Labute approximate surface area is 301 Å². The molecule has 8 heteroatoms. The smallest absolute Gasteiger partial charge is 0.326 e. The van der Waals surface area contributed by atoms with E-state index in [-0.39, 0.29) is 43.4 Å². The normalized spacial score (nSPS) is 16.0. The molecular weight excluding hydrogens is 616 g/mol. The third kappa shape index (κ3) is 19.1. The van der Waals surface area contributed by atoms with Crippen molar-refractivity contribution < 1.29 is 28.6 Å². The zero-order valence-electron chi connectivity index (χ0n) is 34.5. The Balaban J connectivity index is 6.01. The lowest BCUT2D eigenvalue weighted by Crippen LogP contribution is -2.55. The van der Waals surface area contributed by atoms with Crippen molar-refractivity contribution >= 4 is 17.9 Å². The Hall–Kier alpha value is -2.19. The zero-order valence-corrected chi connectivity index (χ0v) is 34.5. The molecule has 0 bridgehead atoms. The second-order valence-corrected chi connectivity index (χ2v) is 18.6. The summed E-state index contributed by atoms with van der Waals surface area (Å²) in [5.41, 5.74) is 3.01. The summed E-state index contributed by atoms with van der Waals surface area (Å²) >= 11 is 0. The SMILES string of the molecule is CC(C)CC(C)/C=C\COC(=O)C(C)(C)CC(C)(C)C(OC(=O)CCCN(C)C)C(C)(C)CC(C)(N)C(=O)OC/C=C\C(C)(C)CC(C)C. The lowest BCUT2D eigenvalue weighted by atomic mass is 9.62. The van der Waals surface area contributed by atoms with Gasteiger partial charge in [0.1, 0.15) is 24.9 Å². The quantitative estimate of drug-likeness (QED) is 0.0643. The first-order valence-corrected chi connectivity index (χ1v) is 18.5. The summed E-state index contributed by atoms with van der Waals surface area (Å²) in [6, 6.07) is 0. The van der Waals surface area contributed by atoms with Crippen molar-refractivity contribution in [2.45, 2.75) is 147 Å². The minimum absolute atomic E-state index is 0.00721. The molecule has 3 unspecified atom stereocenters. The van der Waals surface area contributed by atoms with Crippen LogP contribution in [0.3, 0.4) is 0 Å². The summed E-state index contributed by atoms with van der Waals surface area (Å²) in [4.78, 5) is 42.0. The van der Waals surface area contributed by atoms with Gasteiger partial charge in [-0.15, -0.1) is 0 Å². The lowest BCUT2D eigenvalue weighted by molar-refractivity contribution is -0.174. The van der Waals surface area contributed by atoms with Gasteiger partial charge in [0.2, 0.25) is 0 Å². The van der Waals surface area contributed by atoms with Crippen LogP contribution in [0.15, 0.2) is 24.3 Å². The number of rotatable bonds is 23. The summed E-state index contributed by atoms with van der Waals surface area (Å²) in [6.07, 6.45) is 10.9. The largest absolute Gasteiger partial charge is 0.461 e. The zero-order chi connectivity index (χ0) is 38.4. The topological polar surface area (TPSA) is 108 Å². The van der Waals surface area contributed by atoms with Crippen molar-refractivity contribution in [2.24, 2.45) is 45.1 Å². The number of hydrogen-bond donors (Lipinski definition) is 1. The number of nitrogens with zero attached hydrogens (tertiary/aromatic N) is 1. The second-order valence-electron chi connectivity index (χ2n) is 18.6. The highest BCUT2D eigenvalue weighted by Crippen LogP contribution is 2.47. The lowest BCUT2D eigenvalue weighted by Gasteiger charge is -2.47. The maximum atomic E-state index is 13.4. The molecule has 49 heavy (non-hydrogen) atoms. The predicted molar refractivity (Wildman–Crippen MR) is 203 cm³/mol. The van der Waals surface area contributed by atoms with Gasteiger partial charge in [-0.05, 0) is 96.7 Å². The van der Waals surface area contributed by atoms with Crippen LogP contribution in [0, 0.1) is 39.4 Å². The molecule has 8 nitrogen and oxygen atoms in total. The van der Waals surface area contributed by atoms with Crippen LogP contribution < -0.4 is 5.73 Å². The number of carbonyl (C=O) groups is 3. The van der Waals surface area contributed by atoms with Gasteiger partial charge in [0.05, 0.1) is 5.41 Å². The number of ether oxygens (including phenoxy) is 3. The molecule has 0 aromatic rings. The molecule has 0 aromatic heterocycles. The standard InChI is InChI=1S/C41H76N2O6/c1-30(2)26-32(5)20-18-24-47-35(45)40(12,13)28-38(8,9)34(49-33(44)21-17-23-43(15)16)39(10,11)29-41(14,42)36(46)48-25-19-22-37(6,7)27-31(3)4/h18-20,22,30-32,34H,17,21,23-29,42H2,1-16H3/b20-18-,22-19-. The fourth-order valence-electron chi connectivity index (χ4n) is 7.73. The third-order valence-corrected chi connectivity index (χ3v) is 8.83. The molecule has 3 atom stereocenters. The van der Waals surface area contributed by atoms with Gasteiger partial charge >= 0.3 is 17.9 Å². The molecule has 0 aromatic carbocycles. The first kappa shape index (κ1) is 46.8. The van der Waals surface area contributed by atoms with Gasteiger partial charge in [-0.3, -0.25) is 14.4 Å². The minimum atomic E-state index is -1.34. The van der Waals surface area contributed by atoms with E-state index in [9.17, 15) is 14.4 Å². The summed E-state index contributed by atoms with van der Waals surface area (Å²) in [5.74, 6) is 0.416. The highest BCUT2D eigenvalue weighted by atomic mass is 16.5. The van der Waals surface area contributed by atoms with Crippen molar-refractivity contribution in [1.29, 1.82) is 0 Å². The summed E-state index contributed by atoms with van der Waals surface area (Å²) in [6.45, 7) is 29.7. The molecule has 0 fully saturated rings. The van der Waals surface area contributed by atoms with Crippen LogP contribution >= 0.6 is 0 Å². The van der Waals surface area contributed by atoms with Gasteiger partial charge < -0.3 is 24.8 Å². The van der Waals surface area contributed by atoms with Crippen LogP contribution in [-0.4, -0.2) is 68.3 Å². The molecule has 0 saturated heterocycles. The van der Waals surface area contributed by atoms with Crippen LogP contribution in [0.25, 0.3) is 0 Å². The van der Waals surface area contributed by atoms with Crippen LogP contribution in [0.4, 0.5) is 0 Å². The van der Waals surface area contributed by atoms with Gasteiger partial charge in [0.25, 0.3) is 0 Å². The molecule has 0 aliphatic heterocycles. The average Bonchev–Trinajstić information content (AvgIpc) is 2.89. The Kier molecular flexibility index (Phi) is 19.1. The molecule has 0 saturated carbocycles. The van der Waals surface area contributed by atoms with Crippen molar-refractivity contribution in [3.8, 4) is 0 Å². The Bertz CT molecular complexity index is 1080. The monoisotopic (exact) mass is 693 g/mol. The number of esters is 3. The predicted octanol–water partition coefficient (Wildman–Crippen LogP) is 8.77. The van der Waals surface area contributed by atoms with E-state index in [4.69, 9.17) is 19.9 Å². The second kappa shape index (κ2) is 20.0. The molecule has 2 N–H and O–H groups in total. The van der Waals surface area contributed by atoms with E-state index < -0.39 is 33.9 Å². The summed E-state index contributed by atoms with van der Waals surface area (Å²) in [7, 11) is 3.93. The van der Waals surface area contributed by atoms with E-state index in [0.717, 1.165) is 19.4 Å². The fourth-order valence-corrected chi connectivity index (χ4v) is 7.73. The van der Waals surface area contributed by atoms with Crippen LogP contribution in [0.2, 0.25) is 0 Å². The van der Waals surface area contributed by atoms with Crippen molar-refractivity contribution in [2.75, 3.05) is 33.9 Å². The van der Waals surface area contributed by atoms with Gasteiger partial charge in [-0.25, -0.2) is 0 Å².